The lowest BCUT2D eigenvalue weighted by Crippen LogP contribution is -2.37. The van der Waals surface area contributed by atoms with Gasteiger partial charge in [0.1, 0.15) is 0 Å². The molecule has 0 atom stereocenters. The molecule has 0 bridgehead atoms. The Labute approximate surface area is 118 Å². The minimum Gasteiger partial charge on any atom is -0.334 e. The molecule has 0 spiro atoms. The second-order valence-electron chi connectivity index (χ2n) is 4.35. The Balaban J connectivity index is 2.52. The first-order valence-electron chi connectivity index (χ1n) is 6.34. The summed E-state index contributed by atoms with van der Waals surface area (Å²) in [7, 11) is 0. The number of hydrogen-bond acceptors (Lipinski definition) is 2. The van der Waals surface area contributed by atoms with Crippen molar-refractivity contribution < 1.29 is 9.59 Å². The highest BCUT2D eigenvalue weighted by Crippen LogP contribution is 2.13. The highest BCUT2D eigenvalue weighted by atomic mass is 35.5. The zero-order chi connectivity index (χ0) is 14.3. The topological polar surface area (TPSA) is 49.4 Å². The van der Waals surface area contributed by atoms with Gasteiger partial charge >= 0.3 is 0 Å². The van der Waals surface area contributed by atoms with Crippen LogP contribution in [0.5, 0.6) is 0 Å². The highest BCUT2D eigenvalue weighted by molar-refractivity contribution is 6.30. The zero-order valence-corrected chi connectivity index (χ0v) is 12.0. The molecule has 5 heteroatoms. The molecule has 19 heavy (non-hydrogen) atoms. The lowest BCUT2D eigenvalue weighted by molar-refractivity contribution is -0.132. The van der Waals surface area contributed by atoms with Gasteiger partial charge < -0.3 is 10.2 Å². The van der Waals surface area contributed by atoms with E-state index in [2.05, 4.69) is 5.32 Å². The van der Waals surface area contributed by atoms with Crippen LogP contribution in [0, 0.1) is 0 Å². The van der Waals surface area contributed by atoms with Gasteiger partial charge in [0.2, 0.25) is 11.8 Å². The Hall–Kier alpha value is -1.55. The summed E-state index contributed by atoms with van der Waals surface area (Å²) in [6.45, 7) is 4.22. The molecule has 0 fully saturated rings. The van der Waals surface area contributed by atoms with Crippen LogP contribution in [0.2, 0.25) is 5.02 Å². The summed E-state index contributed by atoms with van der Waals surface area (Å²) in [5.74, 6) is -0.284. The SMILES string of the molecule is CCCCN(CC(=O)Nc1ccc(Cl)cc1)C(C)=O. The van der Waals surface area contributed by atoms with E-state index < -0.39 is 0 Å². The number of rotatable bonds is 6. The maximum atomic E-state index is 11.8. The van der Waals surface area contributed by atoms with Gasteiger partial charge in [-0.15, -0.1) is 0 Å². The molecule has 0 aliphatic heterocycles. The summed E-state index contributed by atoms with van der Waals surface area (Å²) in [6.07, 6.45) is 1.89. The number of hydrogen-bond donors (Lipinski definition) is 1. The van der Waals surface area contributed by atoms with Crippen molar-refractivity contribution in [1.82, 2.24) is 4.90 Å². The van der Waals surface area contributed by atoms with Gasteiger partial charge in [-0.05, 0) is 30.7 Å². The maximum absolute atomic E-state index is 11.8. The summed E-state index contributed by atoms with van der Waals surface area (Å²) in [4.78, 5) is 24.8. The number of carbonyl (C=O) groups excluding carboxylic acids is 2. The minimum atomic E-state index is -0.200. The highest BCUT2D eigenvalue weighted by Gasteiger charge is 2.12. The summed E-state index contributed by atoms with van der Waals surface area (Å²) >= 11 is 5.77. The van der Waals surface area contributed by atoms with Crippen molar-refractivity contribution in [2.24, 2.45) is 0 Å². The van der Waals surface area contributed by atoms with E-state index in [-0.39, 0.29) is 18.4 Å². The number of nitrogens with one attached hydrogen (secondary N) is 1. The molecule has 1 rings (SSSR count). The van der Waals surface area contributed by atoms with Crippen LogP contribution in [0.25, 0.3) is 0 Å². The van der Waals surface area contributed by atoms with Gasteiger partial charge in [0.15, 0.2) is 0 Å². The predicted octanol–water partition coefficient (Wildman–Crippen LogP) is 2.93. The van der Waals surface area contributed by atoms with Crippen LogP contribution in [0.1, 0.15) is 26.7 Å². The Morgan fingerprint density at radius 3 is 2.42 bits per heavy atom. The van der Waals surface area contributed by atoms with Gasteiger partial charge in [0.25, 0.3) is 0 Å². The number of nitrogens with zero attached hydrogens (tertiary/aromatic N) is 1. The number of benzene rings is 1. The van der Waals surface area contributed by atoms with Crippen molar-refractivity contribution in [3.05, 3.63) is 29.3 Å². The van der Waals surface area contributed by atoms with Crippen LogP contribution in [0.15, 0.2) is 24.3 Å². The van der Waals surface area contributed by atoms with E-state index in [9.17, 15) is 9.59 Å². The van der Waals surface area contributed by atoms with Gasteiger partial charge in [-0.25, -0.2) is 0 Å². The van der Waals surface area contributed by atoms with E-state index in [1.807, 2.05) is 6.92 Å². The minimum absolute atomic E-state index is 0.0813. The third kappa shape index (κ3) is 5.75. The molecular weight excluding hydrogens is 264 g/mol. The molecule has 104 valence electrons. The average molecular weight is 283 g/mol. The van der Waals surface area contributed by atoms with Crippen LogP contribution in [0.4, 0.5) is 5.69 Å². The predicted molar refractivity (Wildman–Crippen MR) is 77.2 cm³/mol. The molecule has 0 saturated carbocycles. The molecule has 0 radical (unpaired) electrons. The number of anilines is 1. The summed E-state index contributed by atoms with van der Waals surface area (Å²) in [6, 6.07) is 6.86. The quantitative estimate of drug-likeness (QED) is 0.872. The van der Waals surface area contributed by atoms with E-state index in [0.717, 1.165) is 12.8 Å². The van der Waals surface area contributed by atoms with Gasteiger partial charge in [0, 0.05) is 24.2 Å². The van der Waals surface area contributed by atoms with Crippen molar-refractivity contribution in [2.75, 3.05) is 18.4 Å². The van der Waals surface area contributed by atoms with Crippen LogP contribution in [-0.2, 0) is 9.59 Å². The monoisotopic (exact) mass is 282 g/mol. The van der Waals surface area contributed by atoms with E-state index in [1.54, 1.807) is 29.2 Å². The van der Waals surface area contributed by atoms with Crippen molar-refractivity contribution in [3.8, 4) is 0 Å². The lowest BCUT2D eigenvalue weighted by Gasteiger charge is -2.20. The van der Waals surface area contributed by atoms with Gasteiger partial charge in [0.05, 0.1) is 6.54 Å². The first-order chi connectivity index (χ1) is 9.02. The second-order valence-corrected chi connectivity index (χ2v) is 4.79. The zero-order valence-electron chi connectivity index (χ0n) is 11.3. The number of amides is 2. The summed E-state index contributed by atoms with van der Waals surface area (Å²) in [5.41, 5.74) is 0.674. The van der Waals surface area contributed by atoms with Crippen molar-refractivity contribution in [2.45, 2.75) is 26.7 Å². The standard InChI is InChI=1S/C14H19ClN2O2/c1-3-4-9-17(11(2)18)10-14(19)16-13-7-5-12(15)6-8-13/h5-8H,3-4,9-10H2,1-2H3,(H,16,19). The molecule has 4 nitrogen and oxygen atoms in total. The van der Waals surface area contributed by atoms with Gasteiger partial charge in [-0.3, -0.25) is 9.59 Å². The fraction of sp³-hybridized carbons (Fsp3) is 0.429. The van der Waals surface area contributed by atoms with Crippen LogP contribution in [0.3, 0.4) is 0 Å². The Morgan fingerprint density at radius 1 is 1.26 bits per heavy atom. The number of halogens is 1. The molecule has 0 heterocycles. The normalized spacial score (nSPS) is 10.1. The van der Waals surface area contributed by atoms with E-state index in [4.69, 9.17) is 11.6 Å². The molecule has 0 aliphatic carbocycles. The fourth-order valence-electron chi connectivity index (χ4n) is 1.60. The molecular formula is C14H19ClN2O2. The molecule has 1 aromatic rings. The van der Waals surface area contributed by atoms with Gasteiger partial charge in [-0.1, -0.05) is 24.9 Å². The molecule has 0 unspecified atom stereocenters. The Kier molecular flexibility index (Phi) is 6.36. The third-order valence-electron chi connectivity index (χ3n) is 2.69. The number of unbranched alkanes of at least 4 members (excludes halogenated alkanes) is 1. The largest absolute Gasteiger partial charge is 0.334 e. The Morgan fingerprint density at radius 2 is 1.89 bits per heavy atom. The van der Waals surface area contributed by atoms with E-state index in [0.29, 0.717) is 17.3 Å². The molecule has 0 aromatic heterocycles. The van der Waals surface area contributed by atoms with Crippen molar-refractivity contribution >= 4 is 29.1 Å². The third-order valence-corrected chi connectivity index (χ3v) is 2.94. The molecule has 1 N–H and O–H groups in total. The first-order valence-corrected chi connectivity index (χ1v) is 6.71. The molecule has 1 aromatic carbocycles. The lowest BCUT2D eigenvalue weighted by atomic mass is 10.3. The van der Waals surface area contributed by atoms with Crippen molar-refractivity contribution in [1.29, 1.82) is 0 Å². The van der Waals surface area contributed by atoms with Crippen LogP contribution >= 0.6 is 11.6 Å². The molecule has 0 aliphatic rings. The fourth-order valence-corrected chi connectivity index (χ4v) is 1.73. The maximum Gasteiger partial charge on any atom is 0.243 e. The molecule has 2 amide bonds. The van der Waals surface area contributed by atoms with E-state index in [1.165, 1.54) is 6.92 Å². The molecule has 0 saturated heterocycles. The van der Waals surface area contributed by atoms with Crippen LogP contribution < -0.4 is 5.32 Å². The summed E-state index contributed by atoms with van der Waals surface area (Å²) < 4.78 is 0. The van der Waals surface area contributed by atoms with Gasteiger partial charge in [-0.2, -0.15) is 0 Å². The second kappa shape index (κ2) is 7.79. The first kappa shape index (κ1) is 15.5. The smallest absolute Gasteiger partial charge is 0.243 e. The Bertz CT molecular complexity index is 432. The average Bonchev–Trinajstić information content (AvgIpc) is 2.37. The van der Waals surface area contributed by atoms with Crippen molar-refractivity contribution in [3.63, 3.8) is 0 Å². The van der Waals surface area contributed by atoms with Crippen LogP contribution in [-0.4, -0.2) is 29.8 Å². The summed E-state index contributed by atoms with van der Waals surface area (Å²) in [5, 5.41) is 3.36. The number of carbonyl (C=O) groups is 2. The van der Waals surface area contributed by atoms with E-state index >= 15 is 0 Å².